The van der Waals surface area contributed by atoms with Crippen LogP contribution in [0.2, 0.25) is 0 Å². The number of hydrogen-bond acceptors (Lipinski definition) is 4. The Balaban J connectivity index is 2.67. The van der Waals surface area contributed by atoms with Gasteiger partial charge in [-0.05, 0) is 34.6 Å². The summed E-state index contributed by atoms with van der Waals surface area (Å²) in [7, 11) is 0. The Morgan fingerprint density at radius 2 is 2.12 bits per heavy atom. The molecule has 0 aromatic rings. The van der Waals surface area contributed by atoms with Crippen molar-refractivity contribution in [3.63, 3.8) is 0 Å². The third-order valence-electron chi connectivity index (χ3n) is 3.14. The standard InChI is InChI=1S/C13H24O4/c1-9-8-13(15,6-7-16-9)10(2)11(14)17-12(3,4)5/h9-10,15H,6-8H2,1-5H3. The number of rotatable bonds is 2. The molecule has 0 saturated carbocycles. The van der Waals surface area contributed by atoms with Crippen LogP contribution < -0.4 is 0 Å². The van der Waals surface area contributed by atoms with Gasteiger partial charge in [0.2, 0.25) is 0 Å². The SMILES string of the molecule is CC1CC(O)(C(C)C(=O)OC(C)(C)C)CCO1. The molecule has 1 saturated heterocycles. The Labute approximate surface area is 103 Å². The van der Waals surface area contributed by atoms with Crippen molar-refractivity contribution in [1.82, 2.24) is 0 Å². The zero-order valence-electron chi connectivity index (χ0n) is 11.4. The Hall–Kier alpha value is -0.610. The number of aliphatic hydroxyl groups is 1. The second-order valence-corrected chi connectivity index (χ2v) is 5.99. The molecule has 3 unspecified atom stereocenters. The molecule has 0 aromatic carbocycles. The smallest absolute Gasteiger partial charge is 0.312 e. The van der Waals surface area contributed by atoms with E-state index in [-0.39, 0.29) is 12.1 Å². The number of carbonyl (C=O) groups excluding carboxylic acids is 1. The lowest BCUT2D eigenvalue weighted by molar-refractivity contribution is -0.178. The van der Waals surface area contributed by atoms with Crippen LogP contribution in [0.4, 0.5) is 0 Å². The van der Waals surface area contributed by atoms with Crippen LogP contribution in [-0.2, 0) is 14.3 Å². The molecule has 100 valence electrons. The first-order valence-electron chi connectivity index (χ1n) is 6.21. The lowest BCUT2D eigenvalue weighted by atomic mass is 9.80. The van der Waals surface area contributed by atoms with E-state index >= 15 is 0 Å². The van der Waals surface area contributed by atoms with Gasteiger partial charge in [-0.15, -0.1) is 0 Å². The van der Waals surface area contributed by atoms with Crippen molar-refractivity contribution in [1.29, 1.82) is 0 Å². The molecule has 0 spiro atoms. The minimum absolute atomic E-state index is 0.0152. The monoisotopic (exact) mass is 244 g/mol. The summed E-state index contributed by atoms with van der Waals surface area (Å²) in [6.07, 6.45) is 0.948. The van der Waals surface area contributed by atoms with Gasteiger partial charge < -0.3 is 14.6 Å². The van der Waals surface area contributed by atoms with Crippen LogP contribution in [0.5, 0.6) is 0 Å². The first kappa shape index (κ1) is 14.5. The minimum atomic E-state index is -1.000. The highest BCUT2D eigenvalue weighted by Gasteiger charge is 2.43. The van der Waals surface area contributed by atoms with Gasteiger partial charge in [-0.1, -0.05) is 0 Å². The van der Waals surface area contributed by atoms with Gasteiger partial charge in [0.15, 0.2) is 0 Å². The molecule has 3 atom stereocenters. The predicted octanol–water partition coefficient (Wildman–Crippen LogP) is 1.89. The van der Waals surface area contributed by atoms with E-state index in [2.05, 4.69) is 0 Å². The van der Waals surface area contributed by atoms with E-state index in [1.54, 1.807) is 6.92 Å². The topological polar surface area (TPSA) is 55.8 Å². The van der Waals surface area contributed by atoms with Crippen LogP contribution in [0.3, 0.4) is 0 Å². The molecule has 1 rings (SSSR count). The third kappa shape index (κ3) is 3.96. The first-order chi connectivity index (χ1) is 7.64. The van der Waals surface area contributed by atoms with Crippen molar-refractivity contribution >= 4 is 5.97 Å². The van der Waals surface area contributed by atoms with Gasteiger partial charge in [0.05, 0.1) is 17.6 Å². The van der Waals surface area contributed by atoms with E-state index < -0.39 is 17.1 Å². The Bertz CT molecular complexity index is 282. The molecule has 1 heterocycles. The Kier molecular flexibility index (Phi) is 4.20. The summed E-state index contributed by atoms with van der Waals surface area (Å²) in [5, 5.41) is 10.5. The number of ether oxygens (including phenoxy) is 2. The summed E-state index contributed by atoms with van der Waals surface area (Å²) in [5.41, 5.74) is -1.52. The zero-order chi connectivity index (χ0) is 13.3. The highest BCUT2D eigenvalue weighted by atomic mass is 16.6. The first-order valence-corrected chi connectivity index (χ1v) is 6.21. The maximum Gasteiger partial charge on any atom is 0.312 e. The number of hydrogen-bond donors (Lipinski definition) is 1. The van der Waals surface area contributed by atoms with E-state index in [0.29, 0.717) is 19.4 Å². The maximum atomic E-state index is 11.9. The van der Waals surface area contributed by atoms with Crippen molar-refractivity contribution < 1.29 is 19.4 Å². The van der Waals surface area contributed by atoms with E-state index in [0.717, 1.165) is 0 Å². The summed E-state index contributed by atoms with van der Waals surface area (Å²) in [6.45, 7) is 9.61. The molecule has 17 heavy (non-hydrogen) atoms. The molecule has 0 aliphatic carbocycles. The van der Waals surface area contributed by atoms with Crippen LogP contribution in [-0.4, -0.2) is 35.0 Å². The molecule has 1 N–H and O–H groups in total. The van der Waals surface area contributed by atoms with Crippen LogP contribution in [0.15, 0.2) is 0 Å². The van der Waals surface area contributed by atoms with Crippen molar-refractivity contribution in [3.8, 4) is 0 Å². The van der Waals surface area contributed by atoms with Crippen molar-refractivity contribution in [3.05, 3.63) is 0 Å². The van der Waals surface area contributed by atoms with Crippen molar-refractivity contribution in [2.45, 2.75) is 64.8 Å². The van der Waals surface area contributed by atoms with Gasteiger partial charge >= 0.3 is 5.97 Å². The largest absolute Gasteiger partial charge is 0.460 e. The zero-order valence-corrected chi connectivity index (χ0v) is 11.4. The quantitative estimate of drug-likeness (QED) is 0.754. The third-order valence-corrected chi connectivity index (χ3v) is 3.14. The van der Waals surface area contributed by atoms with Crippen molar-refractivity contribution in [2.24, 2.45) is 5.92 Å². The summed E-state index contributed by atoms with van der Waals surface area (Å²) < 4.78 is 10.7. The van der Waals surface area contributed by atoms with E-state index in [1.807, 2.05) is 27.7 Å². The summed E-state index contributed by atoms with van der Waals surface area (Å²) >= 11 is 0. The summed E-state index contributed by atoms with van der Waals surface area (Å²) in [6, 6.07) is 0. The van der Waals surface area contributed by atoms with Crippen LogP contribution >= 0.6 is 0 Å². The van der Waals surface area contributed by atoms with Crippen LogP contribution in [0, 0.1) is 5.92 Å². The second-order valence-electron chi connectivity index (χ2n) is 5.99. The molecule has 1 aliphatic rings. The average molecular weight is 244 g/mol. The van der Waals surface area contributed by atoms with Gasteiger partial charge in [-0.3, -0.25) is 4.79 Å². The predicted molar refractivity (Wildman–Crippen MR) is 64.6 cm³/mol. The fourth-order valence-corrected chi connectivity index (χ4v) is 2.10. The average Bonchev–Trinajstić information content (AvgIpc) is 2.13. The van der Waals surface area contributed by atoms with Gasteiger partial charge in [-0.2, -0.15) is 0 Å². The van der Waals surface area contributed by atoms with Gasteiger partial charge in [0.25, 0.3) is 0 Å². The normalized spacial score (nSPS) is 32.0. The number of carbonyl (C=O) groups is 1. The molecule has 1 fully saturated rings. The fourth-order valence-electron chi connectivity index (χ4n) is 2.10. The van der Waals surface area contributed by atoms with Gasteiger partial charge in [0, 0.05) is 19.4 Å². The highest BCUT2D eigenvalue weighted by molar-refractivity contribution is 5.74. The van der Waals surface area contributed by atoms with E-state index in [9.17, 15) is 9.90 Å². The van der Waals surface area contributed by atoms with Gasteiger partial charge in [-0.25, -0.2) is 0 Å². The Morgan fingerprint density at radius 3 is 2.59 bits per heavy atom. The molecule has 1 aliphatic heterocycles. The maximum absolute atomic E-state index is 11.9. The minimum Gasteiger partial charge on any atom is -0.460 e. The molecule has 4 nitrogen and oxygen atoms in total. The molecular formula is C13H24O4. The Morgan fingerprint density at radius 1 is 1.53 bits per heavy atom. The highest BCUT2D eigenvalue weighted by Crippen LogP contribution is 2.33. The lowest BCUT2D eigenvalue weighted by Crippen LogP contribution is -2.49. The second kappa shape index (κ2) is 4.94. The summed E-state index contributed by atoms with van der Waals surface area (Å²) in [5.74, 6) is -0.859. The molecule has 0 amide bonds. The van der Waals surface area contributed by atoms with E-state index in [1.165, 1.54) is 0 Å². The molecule has 4 heteroatoms. The fraction of sp³-hybridized carbons (Fsp3) is 0.923. The molecular weight excluding hydrogens is 220 g/mol. The van der Waals surface area contributed by atoms with Gasteiger partial charge in [0.1, 0.15) is 5.60 Å². The molecule has 0 aromatic heterocycles. The lowest BCUT2D eigenvalue weighted by Gasteiger charge is -2.39. The van der Waals surface area contributed by atoms with Crippen LogP contribution in [0.1, 0.15) is 47.5 Å². The van der Waals surface area contributed by atoms with E-state index in [4.69, 9.17) is 9.47 Å². The summed E-state index contributed by atoms with van der Waals surface area (Å²) in [4.78, 5) is 11.9. The van der Waals surface area contributed by atoms with Crippen molar-refractivity contribution in [2.75, 3.05) is 6.61 Å². The molecule has 0 bridgehead atoms. The van der Waals surface area contributed by atoms with Crippen LogP contribution in [0.25, 0.3) is 0 Å². The number of esters is 1. The molecule has 0 radical (unpaired) electrons.